The van der Waals surface area contributed by atoms with Gasteiger partial charge in [0.05, 0.1) is 11.4 Å². The summed E-state index contributed by atoms with van der Waals surface area (Å²) in [7, 11) is -3.68. The molecule has 2 heterocycles. The summed E-state index contributed by atoms with van der Waals surface area (Å²) < 4.78 is 42.6. The number of hydrogen-bond acceptors (Lipinski definition) is 7. The smallest absolute Gasteiger partial charge is 0.271 e. The van der Waals surface area contributed by atoms with E-state index < -0.39 is 21.7 Å². The summed E-state index contributed by atoms with van der Waals surface area (Å²) in [4.78, 5) is 12.5. The van der Waals surface area contributed by atoms with Crippen molar-refractivity contribution in [3.05, 3.63) is 77.7 Å². The van der Waals surface area contributed by atoms with E-state index in [1.807, 2.05) is 0 Å². The highest BCUT2D eigenvalue weighted by atomic mass is 32.2. The van der Waals surface area contributed by atoms with Crippen molar-refractivity contribution in [2.75, 3.05) is 10.0 Å². The van der Waals surface area contributed by atoms with Crippen LogP contribution in [-0.2, 0) is 10.0 Å². The van der Waals surface area contributed by atoms with Gasteiger partial charge < -0.3 is 5.32 Å². The second kappa shape index (κ2) is 8.00. The van der Waals surface area contributed by atoms with Crippen LogP contribution in [0.15, 0.2) is 70.5 Å². The molecule has 0 saturated carbocycles. The van der Waals surface area contributed by atoms with Crippen LogP contribution >= 0.6 is 11.3 Å². The Hall–Kier alpha value is -3.64. The van der Waals surface area contributed by atoms with Gasteiger partial charge in [0.25, 0.3) is 15.9 Å². The molecule has 0 fully saturated rings. The molecule has 1 amide bonds. The Labute approximate surface area is 174 Å². The predicted molar refractivity (Wildman–Crippen MR) is 109 cm³/mol. The van der Waals surface area contributed by atoms with E-state index in [0.717, 1.165) is 11.3 Å². The van der Waals surface area contributed by atoms with Crippen LogP contribution in [0.2, 0.25) is 0 Å². The molecular weight excluding hydrogens is 431 g/mol. The molecule has 0 atom stereocenters. The van der Waals surface area contributed by atoms with E-state index in [1.165, 1.54) is 59.5 Å². The normalized spacial score (nSPS) is 11.2. The summed E-state index contributed by atoms with van der Waals surface area (Å²) in [6, 6.07) is 13.0. The fraction of sp³-hybridized carbons (Fsp3) is 0. The zero-order chi connectivity index (χ0) is 21.1. The van der Waals surface area contributed by atoms with Crippen molar-refractivity contribution in [3.63, 3.8) is 0 Å². The third-order valence-corrected chi connectivity index (χ3v) is 6.75. The minimum atomic E-state index is -3.68. The zero-order valence-electron chi connectivity index (χ0n) is 15.1. The summed E-state index contributed by atoms with van der Waals surface area (Å²) in [6.07, 6.45) is 1.34. The number of sulfonamides is 1. The second-order valence-electron chi connectivity index (χ2n) is 5.99. The lowest BCUT2D eigenvalue weighted by Crippen LogP contribution is -2.14. The van der Waals surface area contributed by atoms with E-state index >= 15 is 0 Å². The molecule has 9 nitrogen and oxygen atoms in total. The first kappa shape index (κ1) is 19.7. The molecule has 2 aromatic heterocycles. The Kier molecular flexibility index (Phi) is 5.25. The number of amides is 1. The Morgan fingerprint density at radius 1 is 1.10 bits per heavy atom. The van der Waals surface area contributed by atoms with Crippen molar-refractivity contribution in [1.82, 2.24) is 20.2 Å². The molecule has 0 aliphatic rings. The molecule has 4 aromatic rings. The van der Waals surface area contributed by atoms with Gasteiger partial charge in [-0.05, 0) is 64.3 Å². The maximum atomic E-state index is 14.1. The van der Waals surface area contributed by atoms with Crippen LogP contribution in [0.5, 0.6) is 0 Å². The molecule has 2 N–H and O–H groups in total. The molecular formula is C18H13FN6O3S2. The number of anilines is 2. The lowest BCUT2D eigenvalue weighted by molar-refractivity contribution is 0.102. The van der Waals surface area contributed by atoms with E-state index in [0.29, 0.717) is 11.4 Å². The maximum absolute atomic E-state index is 14.1. The first-order valence-corrected chi connectivity index (χ1v) is 10.8. The van der Waals surface area contributed by atoms with Crippen molar-refractivity contribution in [2.24, 2.45) is 0 Å². The highest BCUT2D eigenvalue weighted by Crippen LogP contribution is 2.22. The second-order valence-corrected chi connectivity index (χ2v) is 8.84. The van der Waals surface area contributed by atoms with E-state index in [1.54, 1.807) is 11.4 Å². The number of halogens is 1. The summed E-state index contributed by atoms with van der Waals surface area (Å²) in [5.74, 6) is -1.18. The lowest BCUT2D eigenvalue weighted by Gasteiger charge is -2.10. The molecule has 0 spiro atoms. The molecule has 0 radical (unpaired) electrons. The van der Waals surface area contributed by atoms with Gasteiger partial charge in [-0.25, -0.2) is 17.5 Å². The molecule has 0 bridgehead atoms. The van der Waals surface area contributed by atoms with Crippen molar-refractivity contribution in [2.45, 2.75) is 4.21 Å². The summed E-state index contributed by atoms with van der Waals surface area (Å²) in [5, 5.41) is 14.9. The summed E-state index contributed by atoms with van der Waals surface area (Å²) in [6.45, 7) is 0. The van der Waals surface area contributed by atoms with Gasteiger partial charge in [-0.15, -0.1) is 16.4 Å². The fourth-order valence-corrected chi connectivity index (χ4v) is 4.59. The molecule has 12 heteroatoms. The number of rotatable bonds is 6. The van der Waals surface area contributed by atoms with Crippen LogP contribution in [0.25, 0.3) is 5.69 Å². The van der Waals surface area contributed by atoms with E-state index in [-0.39, 0.29) is 15.5 Å². The van der Waals surface area contributed by atoms with Crippen LogP contribution in [0, 0.1) is 5.82 Å². The van der Waals surface area contributed by atoms with Crippen molar-refractivity contribution < 1.29 is 17.6 Å². The Morgan fingerprint density at radius 2 is 1.90 bits per heavy atom. The van der Waals surface area contributed by atoms with Gasteiger partial charge in [-0.2, -0.15) is 0 Å². The SMILES string of the molecule is O=C(Nc1cc(-n2cnnn2)ccc1F)c1ccc(NS(=O)(=O)c2cccs2)cc1. The first-order chi connectivity index (χ1) is 14.4. The predicted octanol–water partition coefficient (Wildman–Crippen LogP) is 2.92. The minimum absolute atomic E-state index is 0.0459. The van der Waals surface area contributed by atoms with Gasteiger partial charge in [-0.1, -0.05) is 6.07 Å². The topological polar surface area (TPSA) is 119 Å². The average Bonchev–Trinajstić information content (AvgIpc) is 3.44. The van der Waals surface area contributed by atoms with Gasteiger partial charge in [-0.3, -0.25) is 9.52 Å². The summed E-state index contributed by atoms with van der Waals surface area (Å²) >= 11 is 1.10. The van der Waals surface area contributed by atoms with Crippen LogP contribution in [0.3, 0.4) is 0 Å². The van der Waals surface area contributed by atoms with Gasteiger partial charge >= 0.3 is 0 Å². The quantitative estimate of drug-likeness (QED) is 0.472. The maximum Gasteiger partial charge on any atom is 0.271 e. The third-order valence-electron chi connectivity index (χ3n) is 3.97. The van der Waals surface area contributed by atoms with Crippen LogP contribution in [0.1, 0.15) is 10.4 Å². The highest BCUT2D eigenvalue weighted by Gasteiger charge is 2.16. The summed E-state index contributed by atoms with van der Waals surface area (Å²) in [5.41, 5.74) is 0.943. The van der Waals surface area contributed by atoms with Crippen molar-refractivity contribution >= 4 is 38.6 Å². The highest BCUT2D eigenvalue weighted by molar-refractivity contribution is 7.94. The molecule has 4 rings (SSSR count). The number of thiophene rings is 1. The molecule has 2 aromatic carbocycles. The van der Waals surface area contributed by atoms with Gasteiger partial charge in [0, 0.05) is 11.3 Å². The van der Waals surface area contributed by atoms with Crippen LogP contribution < -0.4 is 10.0 Å². The monoisotopic (exact) mass is 444 g/mol. The van der Waals surface area contributed by atoms with E-state index in [9.17, 15) is 17.6 Å². The van der Waals surface area contributed by atoms with E-state index in [2.05, 4.69) is 25.6 Å². The number of hydrogen-bond donors (Lipinski definition) is 2. The molecule has 30 heavy (non-hydrogen) atoms. The molecule has 0 saturated heterocycles. The number of nitrogens with zero attached hydrogens (tertiary/aromatic N) is 4. The van der Waals surface area contributed by atoms with Gasteiger partial charge in [0.1, 0.15) is 16.4 Å². The lowest BCUT2D eigenvalue weighted by atomic mass is 10.2. The molecule has 152 valence electrons. The molecule has 0 aliphatic heterocycles. The van der Waals surface area contributed by atoms with E-state index in [4.69, 9.17) is 0 Å². The third kappa shape index (κ3) is 4.18. The van der Waals surface area contributed by atoms with Crippen LogP contribution in [-0.4, -0.2) is 34.5 Å². The molecule has 0 unspecified atom stereocenters. The van der Waals surface area contributed by atoms with Crippen molar-refractivity contribution in [1.29, 1.82) is 0 Å². The van der Waals surface area contributed by atoms with Crippen LogP contribution in [0.4, 0.5) is 15.8 Å². The first-order valence-electron chi connectivity index (χ1n) is 8.43. The Balaban J connectivity index is 1.49. The number of carbonyl (C=O) groups excluding carboxylic acids is 1. The Bertz CT molecular complexity index is 1270. The standard InChI is InChI=1S/C18H13FN6O3S2/c19-15-8-7-14(25-11-20-23-24-25)10-16(15)21-18(26)12-3-5-13(6-4-12)22-30(27,28)17-2-1-9-29-17/h1-11,22H,(H,21,26). The Morgan fingerprint density at radius 3 is 2.57 bits per heavy atom. The molecule has 0 aliphatic carbocycles. The number of carbonyl (C=O) groups is 1. The number of tetrazole rings is 1. The van der Waals surface area contributed by atoms with Gasteiger partial charge in [0.2, 0.25) is 0 Å². The van der Waals surface area contributed by atoms with Crippen molar-refractivity contribution in [3.8, 4) is 5.69 Å². The average molecular weight is 444 g/mol. The number of aromatic nitrogens is 4. The number of benzene rings is 2. The number of nitrogens with one attached hydrogen (secondary N) is 2. The van der Waals surface area contributed by atoms with Gasteiger partial charge in [0.15, 0.2) is 0 Å². The fourth-order valence-electron chi connectivity index (χ4n) is 2.54. The largest absolute Gasteiger partial charge is 0.319 e. The zero-order valence-corrected chi connectivity index (χ0v) is 16.7. The minimum Gasteiger partial charge on any atom is -0.319 e.